The third-order valence-corrected chi connectivity index (χ3v) is 6.62. The molecule has 1 aromatic heterocycles. The summed E-state index contributed by atoms with van der Waals surface area (Å²) in [5.41, 5.74) is 1.19. The highest BCUT2D eigenvalue weighted by atomic mass is 19.1. The third-order valence-electron chi connectivity index (χ3n) is 6.62. The molecular weight excluding hydrogens is 525 g/mol. The highest BCUT2D eigenvalue weighted by molar-refractivity contribution is 5.92. The van der Waals surface area contributed by atoms with E-state index in [4.69, 9.17) is 4.74 Å². The molecular formula is C30H40FN7O3. The molecule has 41 heavy (non-hydrogen) atoms. The molecule has 1 aliphatic rings. The number of hydrogen-bond donors (Lipinski definition) is 3. The number of amides is 2. The quantitative estimate of drug-likeness (QED) is 0.193. The highest BCUT2D eigenvalue weighted by Crippen LogP contribution is 2.27. The number of nitrogens with zero attached hydrogens (tertiary/aromatic N) is 4. The van der Waals surface area contributed by atoms with Gasteiger partial charge in [0.05, 0.1) is 11.8 Å². The lowest BCUT2D eigenvalue weighted by atomic mass is 9.80. The summed E-state index contributed by atoms with van der Waals surface area (Å²) in [5.74, 6) is 6.72. The molecule has 0 saturated heterocycles. The molecule has 1 heterocycles. The molecule has 10 nitrogen and oxygen atoms in total. The largest absolute Gasteiger partial charge is 0.385 e. The van der Waals surface area contributed by atoms with Gasteiger partial charge >= 0.3 is 0 Å². The number of carbonyl (C=O) groups excluding carboxylic acids is 2. The predicted molar refractivity (Wildman–Crippen MR) is 158 cm³/mol. The Morgan fingerprint density at radius 1 is 1.27 bits per heavy atom. The normalized spacial score (nSPS) is 16.9. The van der Waals surface area contributed by atoms with E-state index in [1.54, 1.807) is 45.5 Å². The molecule has 1 atom stereocenters. The van der Waals surface area contributed by atoms with Crippen molar-refractivity contribution in [2.75, 3.05) is 58.6 Å². The van der Waals surface area contributed by atoms with Crippen LogP contribution in [0.5, 0.6) is 0 Å². The van der Waals surface area contributed by atoms with Gasteiger partial charge in [0.1, 0.15) is 17.7 Å². The number of likely N-dealkylation sites (N-methyl/N-ethyl adjacent to an activating group) is 2. The van der Waals surface area contributed by atoms with Crippen molar-refractivity contribution < 1.29 is 18.7 Å². The fraction of sp³-hybridized carbons (Fsp3) is 0.467. The van der Waals surface area contributed by atoms with Gasteiger partial charge < -0.3 is 30.5 Å². The smallest absolute Gasteiger partial charge is 0.246 e. The van der Waals surface area contributed by atoms with E-state index in [0.717, 1.165) is 19.3 Å². The van der Waals surface area contributed by atoms with Gasteiger partial charge in [0.15, 0.2) is 0 Å². The van der Waals surface area contributed by atoms with Crippen LogP contribution in [0.4, 0.5) is 21.8 Å². The van der Waals surface area contributed by atoms with E-state index in [1.807, 2.05) is 19.0 Å². The monoisotopic (exact) mass is 565 g/mol. The van der Waals surface area contributed by atoms with Crippen LogP contribution in [0.1, 0.15) is 31.7 Å². The van der Waals surface area contributed by atoms with E-state index >= 15 is 0 Å². The van der Waals surface area contributed by atoms with Crippen molar-refractivity contribution in [1.82, 2.24) is 25.1 Å². The molecule has 1 aromatic carbocycles. The van der Waals surface area contributed by atoms with Crippen LogP contribution in [-0.4, -0.2) is 91.6 Å². The molecule has 3 N–H and O–H groups in total. The number of carbonyl (C=O) groups is 2. The summed E-state index contributed by atoms with van der Waals surface area (Å²) in [7, 11) is 7.12. The Labute approximate surface area is 241 Å². The molecule has 220 valence electrons. The molecule has 0 radical (unpaired) electrons. The van der Waals surface area contributed by atoms with E-state index < -0.39 is 6.04 Å². The van der Waals surface area contributed by atoms with Crippen LogP contribution in [0.2, 0.25) is 0 Å². The summed E-state index contributed by atoms with van der Waals surface area (Å²) in [6, 6.07) is 5.51. The number of rotatable bonds is 13. The summed E-state index contributed by atoms with van der Waals surface area (Å²) in [4.78, 5) is 37.3. The van der Waals surface area contributed by atoms with Gasteiger partial charge in [-0.3, -0.25) is 9.59 Å². The van der Waals surface area contributed by atoms with E-state index in [9.17, 15) is 14.0 Å². The highest BCUT2D eigenvalue weighted by Gasteiger charge is 2.31. The number of benzene rings is 1. The van der Waals surface area contributed by atoms with Crippen molar-refractivity contribution in [3.05, 3.63) is 54.0 Å². The first-order valence-corrected chi connectivity index (χ1v) is 13.7. The Morgan fingerprint density at radius 2 is 2.05 bits per heavy atom. The van der Waals surface area contributed by atoms with Crippen LogP contribution in [0, 0.1) is 23.6 Å². The Kier molecular flexibility index (Phi) is 12.1. The molecule has 1 fully saturated rings. The Morgan fingerprint density at radius 3 is 2.76 bits per heavy atom. The zero-order chi connectivity index (χ0) is 29.8. The van der Waals surface area contributed by atoms with Gasteiger partial charge in [-0.2, -0.15) is 4.98 Å². The van der Waals surface area contributed by atoms with Crippen molar-refractivity contribution in [2.24, 2.45) is 5.92 Å². The van der Waals surface area contributed by atoms with Gasteiger partial charge in [-0.25, -0.2) is 9.37 Å². The summed E-state index contributed by atoms with van der Waals surface area (Å²) in [6.45, 7) is 3.62. The first-order valence-electron chi connectivity index (χ1n) is 13.7. The number of anilines is 3. The van der Waals surface area contributed by atoms with Crippen molar-refractivity contribution in [2.45, 2.75) is 38.3 Å². The van der Waals surface area contributed by atoms with Gasteiger partial charge in [-0.05, 0) is 58.5 Å². The van der Waals surface area contributed by atoms with E-state index in [1.165, 1.54) is 23.1 Å². The van der Waals surface area contributed by atoms with Gasteiger partial charge in [0.2, 0.25) is 17.8 Å². The third kappa shape index (κ3) is 10.2. The molecule has 0 aliphatic heterocycles. The van der Waals surface area contributed by atoms with Crippen LogP contribution in [-0.2, 0) is 14.3 Å². The van der Waals surface area contributed by atoms with Crippen molar-refractivity contribution in [3.8, 4) is 11.8 Å². The van der Waals surface area contributed by atoms with Crippen LogP contribution in [0.15, 0.2) is 42.6 Å². The van der Waals surface area contributed by atoms with Crippen molar-refractivity contribution in [3.63, 3.8) is 0 Å². The minimum absolute atomic E-state index is 0.0118. The second kappa shape index (κ2) is 15.7. The van der Waals surface area contributed by atoms with Gasteiger partial charge in [0, 0.05) is 57.6 Å². The predicted octanol–water partition coefficient (Wildman–Crippen LogP) is 3.02. The number of halogens is 1. The minimum atomic E-state index is -0.583. The zero-order valence-electron chi connectivity index (χ0n) is 24.4. The lowest BCUT2D eigenvalue weighted by Gasteiger charge is -2.34. The fourth-order valence-electron chi connectivity index (χ4n) is 3.99. The van der Waals surface area contributed by atoms with E-state index in [-0.39, 0.29) is 29.6 Å². The maximum Gasteiger partial charge on any atom is 0.246 e. The second-order valence-electron chi connectivity index (χ2n) is 10.3. The van der Waals surface area contributed by atoms with Crippen LogP contribution < -0.4 is 16.0 Å². The van der Waals surface area contributed by atoms with Gasteiger partial charge in [-0.15, -0.1) is 0 Å². The Hall–Kier alpha value is -4.01. The van der Waals surface area contributed by atoms with E-state index in [0.29, 0.717) is 42.7 Å². The summed E-state index contributed by atoms with van der Waals surface area (Å²) < 4.78 is 18.7. The number of methoxy groups -OCH3 is 1. The first kappa shape index (κ1) is 31.5. The average Bonchev–Trinajstić information content (AvgIpc) is 2.91. The fourth-order valence-corrected chi connectivity index (χ4v) is 3.99. The molecule has 11 heteroatoms. The molecule has 1 aliphatic carbocycles. The Bertz CT molecular complexity index is 1270. The van der Waals surface area contributed by atoms with E-state index in [2.05, 4.69) is 37.8 Å². The topological polar surface area (TPSA) is 112 Å². The van der Waals surface area contributed by atoms with Gasteiger partial charge in [-0.1, -0.05) is 24.0 Å². The number of nitrogens with one attached hydrogen (secondary N) is 3. The maximum absolute atomic E-state index is 13.6. The standard InChI is InChI=1S/C30H40FN7O3/c1-21(38(4)27(39)11-7-15-37(2)3)29(40)34-26-17-22(18-26)12-13-23-20-33-30(35-25-10-6-9-24(31)19-25)36-28(23)32-14-8-16-41-5/h6-7,9-11,19-22,26H,8,14-18H2,1-5H3,(H,34,40)(H2,32,33,35,36). The number of hydrogen-bond acceptors (Lipinski definition) is 8. The second-order valence-corrected chi connectivity index (χ2v) is 10.3. The summed E-state index contributed by atoms with van der Waals surface area (Å²) in [6.07, 6.45) is 7.15. The van der Waals surface area contributed by atoms with Crippen molar-refractivity contribution in [1.29, 1.82) is 0 Å². The SMILES string of the molecule is COCCCNc1nc(Nc2cccc(F)c2)ncc1C#CC1CC(NC(=O)C(C)N(C)C(=O)C=CCN(C)C)C1. The zero-order valence-corrected chi connectivity index (χ0v) is 24.4. The van der Waals surface area contributed by atoms with Crippen LogP contribution in [0.3, 0.4) is 0 Å². The number of ether oxygens (including phenoxy) is 1. The molecule has 1 unspecified atom stereocenters. The molecule has 2 aromatic rings. The molecule has 1 saturated carbocycles. The van der Waals surface area contributed by atoms with Crippen LogP contribution in [0.25, 0.3) is 0 Å². The molecule has 0 bridgehead atoms. The lowest BCUT2D eigenvalue weighted by molar-refractivity contribution is -0.135. The summed E-state index contributed by atoms with van der Waals surface area (Å²) >= 11 is 0. The molecule has 2 amide bonds. The first-order chi connectivity index (χ1) is 19.7. The van der Waals surface area contributed by atoms with Gasteiger partial charge in [0.25, 0.3) is 0 Å². The van der Waals surface area contributed by atoms with Crippen LogP contribution >= 0.6 is 0 Å². The lowest BCUT2D eigenvalue weighted by Crippen LogP contribution is -2.51. The minimum Gasteiger partial charge on any atom is -0.385 e. The average molecular weight is 566 g/mol. The Balaban J connectivity index is 1.56. The van der Waals surface area contributed by atoms with Crippen molar-refractivity contribution >= 4 is 29.3 Å². The number of aromatic nitrogens is 2. The molecule has 0 spiro atoms. The molecule has 3 rings (SSSR count). The summed E-state index contributed by atoms with van der Waals surface area (Å²) in [5, 5.41) is 9.33. The maximum atomic E-state index is 13.6.